The standard InChI is InChI=1S/C22H21ClFNO/c1-16(18-8-3-2-4-9-18)25-14-17-7-5-10-19(13-17)26-15-20-21(23)11-6-12-22(20)24/h2-13,16,25H,14-15H2,1H3/t16-/m1/s1. The summed E-state index contributed by atoms with van der Waals surface area (Å²) in [5.41, 5.74) is 2.72. The summed E-state index contributed by atoms with van der Waals surface area (Å²) in [6.45, 7) is 2.95. The molecule has 3 rings (SSSR count). The largest absolute Gasteiger partial charge is 0.489 e. The second-order valence-electron chi connectivity index (χ2n) is 6.15. The van der Waals surface area contributed by atoms with Crippen molar-refractivity contribution in [1.29, 1.82) is 0 Å². The SMILES string of the molecule is C[C@@H](NCc1cccc(OCc2c(F)cccc2Cl)c1)c1ccccc1. The van der Waals surface area contributed by atoms with E-state index in [1.165, 1.54) is 11.6 Å². The van der Waals surface area contributed by atoms with E-state index in [2.05, 4.69) is 24.4 Å². The third kappa shape index (κ3) is 4.84. The van der Waals surface area contributed by atoms with Gasteiger partial charge in [-0.25, -0.2) is 4.39 Å². The number of nitrogens with one attached hydrogen (secondary N) is 1. The fraction of sp³-hybridized carbons (Fsp3) is 0.182. The molecule has 3 aromatic rings. The zero-order valence-corrected chi connectivity index (χ0v) is 15.3. The molecule has 0 bridgehead atoms. The lowest BCUT2D eigenvalue weighted by Crippen LogP contribution is -2.17. The summed E-state index contributed by atoms with van der Waals surface area (Å²) in [5, 5.41) is 3.87. The first kappa shape index (κ1) is 18.4. The molecule has 0 spiro atoms. The topological polar surface area (TPSA) is 21.3 Å². The highest BCUT2D eigenvalue weighted by Gasteiger charge is 2.08. The molecule has 0 aliphatic carbocycles. The Hall–Kier alpha value is -2.36. The van der Waals surface area contributed by atoms with Crippen molar-refractivity contribution in [3.8, 4) is 5.75 Å². The van der Waals surface area contributed by atoms with Crippen LogP contribution in [0.25, 0.3) is 0 Å². The van der Waals surface area contributed by atoms with Crippen molar-refractivity contribution in [2.75, 3.05) is 0 Å². The fourth-order valence-corrected chi connectivity index (χ4v) is 2.92. The van der Waals surface area contributed by atoms with Crippen LogP contribution in [0.1, 0.15) is 29.7 Å². The average molecular weight is 370 g/mol. The monoisotopic (exact) mass is 369 g/mol. The lowest BCUT2D eigenvalue weighted by molar-refractivity contribution is 0.299. The molecule has 0 aliphatic heterocycles. The van der Waals surface area contributed by atoms with Gasteiger partial charge in [0, 0.05) is 18.2 Å². The second-order valence-corrected chi connectivity index (χ2v) is 6.56. The number of halogens is 2. The molecule has 0 heterocycles. The zero-order chi connectivity index (χ0) is 18.4. The maximum absolute atomic E-state index is 13.8. The minimum absolute atomic E-state index is 0.100. The highest BCUT2D eigenvalue weighted by molar-refractivity contribution is 6.31. The van der Waals surface area contributed by atoms with Gasteiger partial charge >= 0.3 is 0 Å². The highest BCUT2D eigenvalue weighted by atomic mass is 35.5. The molecule has 0 radical (unpaired) electrons. The molecule has 0 aliphatic rings. The van der Waals surface area contributed by atoms with Crippen LogP contribution in [0.5, 0.6) is 5.75 Å². The number of ether oxygens (including phenoxy) is 1. The minimum Gasteiger partial charge on any atom is -0.489 e. The van der Waals surface area contributed by atoms with E-state index in [0.29, 0.717) is 22.9 Å². The first-order valence-corrected chi connectivity index (χ1v) is 8.94. The van der Waals surface area contributed by atoms with E-state index < -0.39 is 0 Å². The summed E-state index contributed by atoms with van der Waals surface area (Å²) in [6.07, 6.45) is 0. The summed E-state index contributed by atoms with van der Waals surface area (Å²) in [4.78, 5) is 0. The van der Waals surface area contributed by atoms with Gasteiger partial charge in [-0.2, -0.15) is 0 Å². The van der Waals surface area contributed by atoms with Crippen LogP contribution in [0, 0.1) is 5.82 Å². The lowest BCUT2D eigenvalue weighted by atomic mass is 10.1. The van der Waals surface area contributed by atoms with Crippen LogP contribution in [-0.2, 0) is 13.2 Å². The van der Waals surface area contributed by atoms with Crippen LogP contribution in [0.3, 0.4) is 0 Å². The molecule has 0 fully saturated rings. The van der Waals surface area contributed by atoms with Crippen molar-refractivity contribution in [2.45, 2.75) is 26.1 Å². The van der Waals surface area contributed by atoms with Crippen molar-refractivity contribution >= 4 is 11.6 Å². The molecular weight excluding hydrogens is 349 g/mol. The van der Waals surface area contributed by atoms with Gasteiger partial charge in [-0.1, -0.05) is 60.1 Å². The number of hydrogen-bond donors (Lipinski definition) is 1. The Bertz CT molecular complexity index is 834. The van der Waals surface area contributed by atoms with Gasteiger partial charge in [-0.15, -0.1) is 0 Å². The van der Waals surface area contributed by atoms with E-state index in [1.807, 2.05) is 42.5 Å². The molecule has 1 N–H and O–H groups in total. The molecule has 0 aromatic heterocycles. The Morgan fingerprint density at radius 1 is 1.00 bits per heavy atom. The Morgan fingerprint density at radius 2 is 1.77 bits per heavy atom. The molecule has 3 aromatic carbocycles. The fourth-order valence-electron chi connectivity index (χ4n) is 2.70. The second kappa shape index (κ2) is 8.84. The Labute approximate surface area is 158 Å². The van der Waals surface area contributed by atoms with E-state index >= 15 is 0 Å². The Balaban J connectivity index is 1.60. The summed E-state index contributed by atoms with van der Waals surface area (Å²) < 4.78 is 19.6. The van der Waals surface area contributed by atoms with Crippen LogP contribution in [0.2, 0.25) is 5.02 Å². The minimum atomic E-state index is -0.355. The maximum atomic E-state index is 13.8. The molecule has 0 saturated carbocycles. The molecule has 0 amide bonds. The third-order valence-corrected chi connectivity index (χ3v) is 4.61. The molecule has 26 heavy (non-hydrogen) atoms. The van der Waals surface area contributed by atoms with Gasteiger partial charge < -0.3 is 10.1 Å². The van der Waals surface area contributed by atoms with Crippen LogP contribution in [0.15, 0.2) is 72.8 Å². The van der Waals surface area contributed by atoms with Gasteiger partial charge in [-0.3, -0.25) is 0 Å². The Morgan fingerprint density at radius 3 is 2.54 bits per heavy atom. The number of benzene rings is 3. The molecule has 1 atom stereocenters. The number of rotatable bonds is 7. The molecule has 4 heteroatoms. The molecule has 2 nitrogen and oxygen atoms in total. The van der Waals surface area contributed by atoms with E-state index in [9.17, 15) is 4.39 Å². The van der Waals surface area contributed by atoms with Crippen molar-refractivity contribution in [3.63, 3.8) is 0 Å². The normalized spacial score (nSPS) is 12.0. The summed E-state index contributed by atoms with van der Waals surface area (Å²) in [6, 6.07) is 23.0. The zero-order valence-electron chi connectivity index (χ0n) is 14.6. The summed E-state index contributed by atoms with van der Waals surface area (Å²) in [5.74, 6) is 0.336. The number of hydrogen-bond acceptors (Lipinski definition) is 2. The molecule has 0 saturated heterocycles. The van der Waals surface area contributed by atoms with Crippen LogP contribution >= 0.6 is 11.6 Å². The van der Waals surface area contributed by atoms with Crippen LogP contribution in [0.4, 0.5) is 4.39 Å². The van der Waals surface area contributed by atoms with Gasteiger partial charge in [0.15, 0.2) is 0 Å². The van der Waals surface area contributed by atoms with Crippen LogP contribution < -0.4 is 10.1 Å². The summed E-state index contributed by atoms with van der Waals surface area (Å²) in [7, 11) is 0. The molecular formula is C22H21ClFNO. The first-order chi connectivity index (χ1) is 12.6. The summed E-state index contributed by atoms with van der Waals surface area (Å²) >= 11 is 6.04. The quantitative estimate of drug-likeness (QED) is 0.559. The van der Waals surface area contributed by atoms with Gasteiger partial charge in [0.25, 0.3) is 0 Å². The predicted octanol–water partition coefficient (Wildman–Crippen LogP) is 5.91. The van der Waals surface area contributed by atoms with E-state index in [-0.39, 0.29) is 18.5 Å². The van der Waals surface area contributed by atoms with Crippen molar-refractivity contribution < 1.29 is 9.13 Å². The van der Waals surface area contributed by atoms with Gasteiger partial charge in [0.2, 0.25) is 0 Å². The molecule has 0 unspecified atom stereocenters. The van der Waals surface area contributed by atoms with Gasteiger partial charge in [-0.05, 0) is 42.3 Å². The van der Waals surface area contributed by atoms with Crippen LogP contribution in [-0.4, -0.2) is 0 Å². The molecule has 134 valence electrons. The smallest absolute Gasteiger partial charge is 0.131 e. The van der Waals surface area contributed by atoms with Crippen molar-refractivity contribution in [3.05, 3.63) is 100 Å². The maximum Gasteiger partial charge on any atom is 0.131 e. The van der Waals surface area contributed by atoms with Crippen molar-refractivity contribution in [1.82, 2.24) is 5.32 Å². The van der Waals surface area contributed by atoms with Gasteiger partial charge in [0.05, 0.1) is 5.02 Å². The predicted molar refractivity (Wildman–Crippen MR) is 104 cm³/mol. The van der Waals surface area contributed by atoms with E-state index in [0.717, 1.165) is 5.56 Å². The van der Waals surface area contributed by atoms with Gasteiger partial charge in [0.1, 0.15) is 18.2 Å². The van der Waals surface area contributed by atoms with Crippen molar-refractivity contribution in [2.24, 2.45) is 0 Å². The van der Waals surface area contributed by atoms with E-state index in [4.69, 9.17) is 16.3 Å². The highest BCUT2D eigenvalue weighted by Crippen LogP contribution is 2.22. The van der Waals surface area contributed by atoms with E-state index in [1.54, 1.807) is 12.1 Å². The Kier molecular flexibility index (Phi) is 6.26. The third-order valence-electron chi connectivity index (χ3n) is 4.26. The lowest BCUT2D eigenvalue weighted by Gasteiger charge is -2.15. The first-order valence-electron chi connectivity index (χ1n) is 8.56. The average Bonchev–Trinajstić information content (AvgIpc) is 2.67.